The van der Waals surface area contributed by atoms with Gasteiger partial charge in [-0.2, -0.15) is 13.2 Å². The number of anilines is 2. The number of rotatable bonds is 6. The van der Waals surface area contributed by atoms with Gasteiger partial charge >= 0.3 is 6.18 Å². The number of amides is 1. The zero-order valence-corrected chi connectivity index (χ0v) is 20.2. The molecule has 196 valence electrons. The Labute approximate surface area is 212 Å². The number of nitrogens with zero attached hydrogens (tertiary/aromatic N) is 4. The third-order valence-corrected chi connectivity index (χ3v) is 6.70. The minimum absolute atomic E-state index is 0.00187. The second-order valence-corrected chi connectivity index (χ2v) is 9.22. The van der Waals surface area contributed by atoms with Crippen LogP contribution in [0.1, 0.15) is 46.3 Å². The Hall–Kier alpha value is -3.44. The number of hydrogen-bond acceptors (Lipinski definition) is 7. The first-order valence-electron chi connectivity index (χ1n) is 12.3. The number of aromatic nitrogens is 2. The predicted octanol–water partition coefficient (Wildman–Crippen LogP) is 4.56. The maximum absolute atomic E-state index is 13.5. The van der Waals surface area contributed by atoms with Crippen molar-refractivity contribution in [1.82, 2.24) is 14.9 Å². The molecule has 1 amide bonds. The Morgan fingerprint density at radius 1 is 1.05 bits per heavy atom. The SMILES string of the molecule is O=C(Nc1cc(C(F)(F)F)cnc1N1CCN(Cc2ccccn2)CC1)c1ccc(C2CCOCC2)o1. The smallest absolute Gasteiger partial charge is 0.417 e. The summed E-state index contributed by atoms with van der Waals surface area (Å²) in [6.45, 7) is 4.39. The van der Waals surface area contributed by atoms with E-state index < -0.39 is 17.6 Å². The van der Waals surface area contributed by atoms with E-state index in [4.69, 9.17) is 9.15 Å². The molecule has 2 aliphatic rings. The fourth-order valence-electron chi connectivity index (χ4n) is 4.66. The summed E-state index contributed by atoms with van der Waals surface area (Å²) in [5, 5.41) is 2.62. The lowest BCUT2D eigenvalue weighted by Gasteiger charge is -2.36. The maximum atomic E-state index is 13.5. The minimum atomic E-state index is -4.59. The molecule has 3 aromatic rings. The van der Waals surface area contributed by atoms with E-state index in [0.717, 1.165) is 30.8 Å². The molecule has 0 aliphatic carbocycles. The summed E-state index contributed by atoms with van der Waals surface area (Å²) < 4.78 is 51.5. The molecule has 37 heavy (non-hydrogen) atoms. The Bertz CT molecular complexity index is 1200. The Balaban J connectivity index is 1.31. The highest BCUT2D eigenvalue weighted by Gasteiger charge is 2.33. The lowest BCUT2D eigenvalue weighted by molar-refractivity contribution is -0.137. The number of pyridine rings is 2. The third-order valence-electron chi connectivity index (χ3n) is 6.70. The van der Waals surface area contributed by atoms with Crippen molar-refractivity contribution in [2.75, 3.05) is 49.6 Å². The van der Waals surface area contributed by atoms with E-state index in [9.17, 15) is 18.0 Å². The molecular formula is C26H28F3N5O3. The molecule has 3 aromatic heterocycles. The normalized spacial score (nSPS) is 17.6. The molecule has 0 aromatic carbocycles. The van der Waals surface area contributed by atoms with Crippen molar-refractivity contribution < 1.29 is 27.1 Å². The molecule has 1 N–H and O–H groups in total. The van der Waals surface area contributed by atoms with Gasteiger partial charge in [0.05, 0.1) is 16.9 Å². The van der Waals surface area contributed by atoms with Crippen LogP contribution in [0.3, 0.4) is 0 Å². The summed E-state index contributed by atoms with van der Waals surface area (Å²) in [6, 6.07) is 9.99. The Morgan fingerprint density at radius 3 is 2.54 bits per heavy atom. The van der Waals surface area contributed by atoms with Crippen LogP contribution in [0.4, 0.5) is 24.7 Å². The largest absolute Gasteiger partial charge is 0.456 e. The quantitative estimate of drug-likeness (QED) is 0.516. The number of piperazine rings is 1. The van der Waals surface area contributed by atoms with Crippen molar-refractivity contribution >= 4 is 17.4 Å². The fourth-order valence-corrected chi connectivity index (χ4v) is 4.66. The van der Waals surface area contributed by atoms with E-state index in [-0.39, 0.29) is 17.4 Å². The van der Waals surface area contributed by atoms with Gasteiger partial charge in [0, 0.05) is 64.2 Å². The van der Waals surface area contributed by atoms with Gasteiger partial charge in [-0.1, -0.05) is 6.07 Å². The number of nitrogens with one attached hydrogen (secondary N) is 1. The monoisotopic (exact) mass is 515 g/mol. The zero-order chi connectivity index (χ0) is 25.8. The summed E-state index contributed by atoms with van der Waals surface area (Å²) in [4.78, 5) is 25.6. The van der Waals surface area contributed by atoms with Crippen molar-refractivity contribution in [2.45, 2.75) is 31.5 Å². The van der Waals surface area contributed by atoms with Crippen molar-refractivity contribution in [3.63, 3.8) is 0 Å². The number of alkyl halides is 3. The van der Waals surface area contributed by atoms with Gasteiger partial charge in [-0.25, -0.2) is 4.98 Å². The van der Waals surface area contributed by atoms with E-state index >= 15 is 0 Å². The average molecular weight is 516 g/mol. The molecule has 0 spiro atoms. The molecule has 0 unspecified atom stereocenters. The second kappa shape index (κ2) is 10.9. The molecule has 2 saturated heterocycles. The lowest BCUT2D eigenvalue weighted by atomic mass is 9.98. The van der Waals surface area contributed by atoms with Crippen molar-refractivity contribution in [2.24, 2.45) is 0 Å². The fraction of sp³-hybridized carbons (Fsp3) is 0.423. The minimum Gasteiger partial charge on any atom is -0.456 e. The van der Waals surface area contributed by atoms with E-state index in [0.29, 0.717) is 57.5 Å². The number of carbonyl (C=O) groups excluding carboxylic acids is 1. The van der Waals surface area contributed by atoms with Crippen molar-refractivity contribution in [1.29, 1.82) is 0 Å². The van der Waals surface area contributed by atoms with Crippen LogP contribution < -0.4 is 10.2 Å². The summed E-state index contributed by atoms with van der Waals surface area (Å²) in [6.07, 6.45) is -0.446. The first kappa shape index (κ1) is 25.2. The van der Waals surface area contributed by atoms with E-state index in [2.05, 4.69) is 20.2 Å². The molecule has 0 bridgehead atoms. The number of hydrogen-bond donors (Lipinski definition) is 1. The van der Waals surface area contributed by atoms with E-state index in [1.54, 1.807) is 18.3 Å². The van der Waals surface area contributed by atoms with Crippen LogP contribution >= 0.6 is 0 Å². The van der Waals surface area contributed by atoms with Crippen molar-refractivity contribution in [3.8, 4) is 0 Å². The second-order valence-electron chi connectivity index (χ2n) is 9.22. The summed E-state index contributed by atoms with van der Waals surface area (Å²) in [7, 11) is 0. The summed E-state index contributed by atoms with van der Waals surface area (Å²) in [5.74, 6) is 0.567. The molecule has 0 atom stereocenters. The molecule has 2 fully saturated rings. The van der Waals surface area contributed by atoms with Crippen LogP contribution in [0.2, 0.25) is 0 Å². The lowest BCUT2D eigenvalue weighted by Crippen LogP contribution is -2.46. The van der Waals surface area contributed by atoms with Crippen LogP contribution in [-0.2, 0) is 17.5 Å². The maximum Gasteiger partial charge on any atom is 0.417 e. The van der Waals surface area contributed by atoms with Gasteiger partial charge < -0.3 is 19.4 Å². The van der Waals surface area contributed by atoms with Gasteiger partial charge in [0.25, 0.3) is 5.91 Å². The zero-order valence-electron chi connectivity index (χ0n) is 20.2. The molecule has 5 rings (SSSR count). The third kappa shape index (κ3) is 6.11. The molecular weight excluding hydrogens is 487 g/mol. The molecule has 2 aliphatic heterocycles. The van der Waals surface area contributed by atoms with Gasteiger partial charge in [-0.15, -0.1) is 0 Å². The van der Waals surface area contributed by atoms with Crippen LogP contribution in [0, 0.1) is 0 Å². The van der Waals surface area contributed by atoms with Gasteiger partial charge in [0.1, 0.15) is 5.76 Å². The molecule has 8 nitrogen and oxygen atoms in total. The highest BCUT2D eigenvalue weighted by molar-refractivity contribution is 6.04. The highest BCUT2D eigenvalue weighted by Crippen LogP contribution is 2.35. The molecule has 5 heterocycles. The molecule has 11 heteroatoms. The number of furan rings is 1. The molecule has 0 radical (unpaired) electrons. The first-order valence-corrected chi connectivity index (χ1v) is 12.3. The Kier molecular flexibility index (Phi) is 7.43. The van der Waals surface area contributed by atoms with Gasteiger partial charge in [0.2, 0.25) is 0 Å². The van der Waals surface area contributed by atoms with Crippen LogP contribution in [0.5, 0.6) is 0 Å². The van der Waals surface area contributed by atoms with E-state index in [1.807, 2.05) is 23.1 Å². The van der Waals surface area contributed by atoms with E-state index in [1.165, 1.54) is 0 Å². The van der Waals surface area contributed by atoms with Crippen molar-refractivity contribution in [3.05, 3.63) is 71.6 Å². The number of ether oxygens (including phenoxy) is 1. The topological polar surface area (TPSA) is 83.7 Å². The first-order chi connectivity index (χ1) is 17.9. The standard InChI is InChI=1S/C26H28F3N5O3/c27-26(28,29)19-15-21(32-25(35)23-5-4-22(37-23)18-6-13-36-14-7-18)24(31-16-19)34-11-9-33(10-12-34)17-20-3-1-2-8-30-20/h1-5,8,15-16,18H,6-7,9-14,17H2,(H,32,35). The van der Waals surface area contributed by atoms with Crippen LogP contribution in [0.25, 0.3) is 0 Å². The highest BCUT2D eigenvalue weighted by atomic mass is 19.4. The van der Waals surface area contributed by atoms with Gasteiger partial charge in [-0.05, 0) is 43.2 Å². The van der Waals surface area contributed by atoms with Crippen LogP contribution in [0.15, 0.2) is 53.2 Å². The average Bonchev–Trinajstić information content (AvgIpc) is 3.41. The Morgan fingerprint density at radius 2 is 1.84 bits per heavy atom. The van der Waals surface area contributed by atoms with Gasteiger partial charge in [-0.3, -0.25) is 14.7 Å². The summed E-state index contributed by atoms with van der Waals surface area (Å²) >= 11 is 0. The molecule has 0 saturated carbocycles. The predicted molar refractivity (Wildman–Crippen MR) is 130 cm³/mol. The number of carbonyl (C=O) groups is 1. The van der Waals surface area contributed by atoms with Crippen LogP contribution in [-0.4, -0.2) is 60.2 Å². The van der Waals surface area contributed by atoms with Gasteiger partial charge in [0.15, 0.2) is 11.6 Å². The number of halogens is 3. The summed E-state index contributed by atoms with van der Waals surface area (Å²) in [5.41, 5.74) is 0.0276.